The van der Waals surface area contributed by atoms with E-state index in [1.165, 1.54) is 23.7 Å². The van der Waals surface area contributed by atoms with Crippen LogP contribution in [-0.2, 0) is 4.79 Å². The quantitative estimate of drug-likeness (QED) is 0.895. The summed E-state index contributed by atoms with van der Waals surface area (Å²) in [6.07, 6.45) is 3.41. The van der Waals surface area contributed by atoms with Crippen LogP contribution < -0.4 is 5.43 Å². The molecular weight excluding hydrogens is 334 g/mol. The first-order chi connectivity index (χ1) is 12.1. The number of hydrogen-bond acceptors (Lipinski definition) is 5. The molecule has 7 heteroatoms. The third kappa shape index (κ3) is 3.13. The largest absolute Gasteiger partial charge is 0.342 e. The number of carbonyl (C=O) groups is 1. The summed E-state index contributed by atoms with van der Waals surface area (Å²) in [5.74, 6) is 1.01. The van der Waals surface area contributed by atoms with Gasteiger partial charge in [-0.05, 0) is 38.7 Å². The van der Waals surface area contributed by atoms with Gasteiger partial charge in [-0.3, -0.25) is 4.79 Å². The van der Waals surface area contributed by atoms with Gasteiger partial charge in [0.2, 0.25) is 11.1 Å². The molecule has 3 heterocycles. The number of piperidine rings is 1. The number of rotatable bonds is 2. The van der Waals surface area contributed by atoms with Gasteiger partial charge in [-0.15, -0.1) is 10.2 Å². The SMILES string of the molecule is Cc1ccc([C@H]2Nn3c(C)nnc3S[C@H]2C(=O)N2CCCCC2)cc1. The third-order valence-corrected chi connectivity index (χ3v) is 6.15. The molecule has 0 radical (unpaired) electrons. The molecule has 2 atom stereocenters. The van der Waals surface area contributed by atoms with Gasteiger partial charge in [-0.2, -0.15) is 0 Å². The van der Waals surface area contributed by atoms with Crippen molar-refractivity contribution in [3.05, 3.63) is 41.2 Å². The number of fused-ring (bicyclic) bond motifs is 1. The van der Waals surface area contributed by atoms with Gasteiger partial charge < -0.3 is 10.3 Å². The molecule has 2 aliphatic rings. The Hall–Kier alpha value is -2.02. The van der Waals surface area contributed by atoms with E-state index in [0.717, 1.165) is 42.5 Å². The van der Waals surface area contributed by atoms with Crippen molar-refractivity contribution in [2.24, 2.45) is 0 Å². The van der Waals surface area contributed by atoms with E-state index < -0.39 is 0 Å². The van der Waals surface area contributed by atoms with E-state index in [2.05, 4.69) is 46.8 Å². The number of aromatic nitrogens is 3. The number of likely N-dealkylation sites (tertiary alicyclic amines) is 1. The van der Waals surface area contributed by atoms with Crippen LogP contribution in [0.25, 0.3) is 0 Å². The second-order valence-electron chi connectivity index (χ2n) is 6.81. The fourth-order valence-electron chi connectivity index (χ4n) is 3.47. The summed E-state index contributed by atoms with van der Waals surface area (Å²) in [7, 11) is 0. The summed E-state index contributed by atoms with van der Waals surface area (Å²) in [6, 6.07) is 8.31. The average Bonchev–Trinajstić information content (AvgIpc) is 3.02. The lowest BCUT2D eigenvalue weighted by Crippen LogP contribution is -2.47. The van der Waals surface area contributed by atoms with Crippen LogP contribution in [0, 0.1) is 13.8 Å². The summed E-state index contributed by atoms with van der Waals surface area (Å²) in [5.41, 5.74) is 5.81. The van der Waals surface area contributed by atoms with Gasteiger partial charge in [-0.25, -0.2) is 4.68 Å². The molecule has 25 heavy (non-hydrogen) atoms. The lowest BCUT2D eigenvalue weighted by molar-refractivity contribution is -0.131. The highest BCUT2D eigenvalue weighted by atomic mass is 32.2. The first-order valence-corrected chi connectivity index (χ1v) is 9.72. The smallest absolute Gasteiger partial charge is 0.238 e. The normalized spacial score (nSPS) is 23.0. The second kappa shape index (κ2) is 6.71. The number of hydrogen-bond donors (Lipinski definition) is 1. The molecule has 1 N–H and O–H groups in total. The molecule has 2 aliphatic heterocycles. The van der Waals surface area contributed by atoms with Crippen LogP contribution in [0.15, 0.2) is 29.4 Å². The Bertz CT molecular complexity index is 766. The lowest BCUT2D eigenvalue weighted by Gasteiger charge is -2.37. The van der Waals surface area contributed by atoms with Crippen LogP contribution >= 0.6 is 11.8 Å². The Balaban J connectivity index is 1.68. The molecule has 2 aromatic rings. The van der Waals surface area contributed by atoms with Gasteiger partial charge >= 0.3 is 0 Å². The van der Waals surface area contributed by atoms with Gasteiger partial charge in [-0.1, -0.05) is 41.6 Å². The Kier molecular flexibility index (Phi) is 4.41. The molecule has 132 valence electrons. The summed E-state index contributed by atoms with van der Waals surface area (Å²) in [5, 5.41) is 8.91. The number of nitrogens with one attached hydrogen (secondary N) is 1. The Labute approximate surface area is 152 Å². The number of carbonyl (C=O) groups excluding carboxylic acids is 1. The molecule has 1 aromatic heterocycles. The van der Waals surface area contributed by atoms with Crippen LogP contribution in [0.5, 0.6) is 0 Å². The van der Waals surface area contributed by atoms with Gasteiger partial charge in [0, 0.05) is 13.1 Å². The predicted octanol–water partition coefficient (Wildman–Crippen LogP) is 2.67. The number of amides is 1. The van der Waals surface area contributed by atoms with Crippen molar-refractivity contribution in [2.75, 3.05) is 18.5 Å². The molecule has 6 nitrogen and oxygen atoms in total. The van der Waals surface area contributed by atoms with Gasteiger partial charge in [0.25, 0.3) is 0 Å². The lowest BCUT2D eigenvalue weighted by atomic mass is 10.0. The van der Waals surface area contributed by atoms with E-state index >= 15 is 0 Å². The molecule has 0 bridgehead atoms. The third-order valence-electron chi connectivity index (χ3n) is 4.95. The Morgan fingerprint density at radius 3 is 2.56 bits per heavy atom. The molecule has 0 saturated carbocycles. The maximum atomic E-state index is 13.2. The van der Waals surface area contributed by atoms with Crippen molar-refractivity contribution in [2.45, 2.75) is 49.6 Å². The highest BCUT2D eigenvalue weighted by Crippen LogP contribution is 2.38. The zero-order chi connectivity index (χ0) is 17.4. The number of aryl methyl sites for hydroxylation is 2. The highest BCUT2D eigenvalue weighted by molar-refractivity contribution is 8.00. The van der Waals surface area contributed by atoms with E-state index in [4.69, 9.17) is 0 Å². The maximum Gasteiger partial charge on any atom is 0.238 e. The van der Waals surface area contributed by atoms with Crippen molar-refractivity contribution < 1.29 is 4.79 Å². The van der Waals surface area contributed by atoms with Crippen LogP contribution in [0.4, 0.5) is 0 Å². The van der Waals surface area contributed by atoms with Gasteiger partial charge in [0.15, 0.2) is 0 Å². The second-order valence-corrected chi connectivity index (χ2v) is 7.92. The minimum absolute atomic E-state index is 0.0952. The zero-order valence-corrected chi connectivity index (χ0v) is 15.4. The molecule has 4 rings (SSSR count). The van der Waals surface area contributed by atoms with E-state index in [1.54, 1.807) is 0 Å². The Morgan fingerprint density at radius 1 is 1.12 bits per heavy atom. The van der Waals surface area contributed by atoms with Crippen molar-refractivity contribution in [1.82, 2.24) is 19.8 Å². The minimum atomic E-state index is -0.225. The van der Waals surface area contributed by atoms with Crippen LogP contribution in [0.2, 0.25) is 0 Å². The molecule has 1 amide bonds. The van der Waals surface area contributed by atoms with Crippen LogP contribution in [0.1, 0.15) is 42.3 Å². The predicted molar refractivity (Wildman–Crippen MR) is 98.1 cm³/mol. The fraction of sp³-hybridized carbons (Fsp3) is 0.500. The molecule has 1 aromatic carbocycles. The summed E-state index contributed by atoms with van der Waals surface area (Å²) in [4.78, 5) is 15.2. The van der Waals surface area contributed by atoms with Gasteiger partial charge in [0.1, 0.15) is 11.1 Å². The number of benzene rings is 1. The first kappa shape index (κ1) is 16.4. The molecule has 0 aliphatic carbocycles. The van der Waals surface area contributed by atoms with Crippen LogP contribution in [0.3, 0.4) is 0 Å². The molecule has 1 fully saturated rings. The minimum Gasteiger partial charge on any atom is -0.342 e. The summed E-state index contributed by atoms with van der Waals surface area (Å²) in [6.45, 7) is 5.72. The van der Waals surface area contributed by atoms with Crippen molar-refractivity contribution in [3.63, 3.8) is 0 Å². The zero-order valence-electron chi connectivity index (χ0n) is 14.6. The van der Waals surface area contributed by atoms with Crippen molar-refractivity contribution >= 4 is 17.7 Å². The standard InChI is InChI=1S/C18H23N5OS/c1-12-6-8-14(9-7-12)15-16(17(24)22-10-4-3-5-11-22)25-18-20-19-13(2)23(18)21-15/h6-9,15-16,21H,3-5,10-11H2,1-2H3/t15-,16-/m1/s1. The first-order valence-electron chi connectivity index (χ1n) is 8.84. The molecule has 0 spiro atoms. The average molecular weight is 357 g/mol. The topological polar surface area (TPSA) is 63.1 Å². The highest BCUT2D eigenvalue weighted by Gasteiger charge is 2.39. The summed E-state index contributed by atoms with van der Waals surface area (Å²) < 4.78 is 1.90. The van der Waals surface area contributed by atoms with Crippen LogP contribution in [-0.4, -0.2) is 44.0 Å². The number of thioether (sulfide) groups is 1. The van der Waals surface area contributed by atoms with E-state index in [9.17, 15) is 4.79 Å². The maximum absolute atomic E-state index is 13.2. The fourth-order valence-corrected chi connectivity index (χ4v) is 4.68. The van der Waals surface area contributed by atoms with E-state index in [-0.39, 0.29) is 17.2 Å². The number of nitrogens with zero attached hydrogens (tertiary/aromatic N) is 4. The van der Waals surface area contributed by atoms with Gasteiger partial charge in [0.05, 0.1) is 6.04 Å². The van der Waals surface area contributed by atoms with E-state index in [1.807, 2.05) is 16.5 Å². The molecule has 1 saturated heterocycles. The molecule has 0 unspecified atom stereocenters. The van der Waals surface area contributed by atoms with E-state index in [0.29, 0.717) is 0 Å². The van der Waals surface area contributed by atoms with Crippen molar-refractivity contribution in [1.29, 1.82) is 0 Å². The molecular formula is C18H23N5OS. The van der Waals surface area contributed by atoms with Crippen molar-refractivity contribution in [3.8, 4) is 0 Å². The monoisotopic (exact) mass is 357 g/mol. The summed E-state index contributed by atoms with van der Waals surface area (Å²) >= 11 is 1.52. The Morgan fingerprint density at radius 2 is 1.84 bits per heavy atom.